The molecule has 0 unspecified atom stereocenters. The molecule has 3 fully saturated rings. The topological polar surface area (TPSA) is 149 Å². The Kier molecular flexibility index (Phi) is 10.8. The molecular formula is C45H44ClF3N4O7S. The van der Waals surface area contributed by atoms with Crippen LogP contribution in [-0.4, -0.2) is 64.8 Å². The Hall–Kier alpha value is -5.28. The Morgan fingerprint density at radius 1 is 1.05 bits per heavy atom. The number of para-hydroxylation sites is 1. The van der Waals surface area contributed by atoms with Crippen molar-refractivity contribution in [1.29, 1.82) is 0 Å². The number of aromatic nitrogens is 2. The van der Waals surface area contributed by atoms with Crippen LogP contribution in [0.4, 0.5) is 13.2 Å². The maximum atomic E-state index is 15.0. The summed E-state index contributed by atoms with van der Waals surface area (Å²) >= 11 is 6.33. The van der Waals surface area contributed by atoms with Crippen molar-refractivity contribution in [2.75, 3.05) is 6.54 Å². The quantitative estimate of drug-likeness (QED) is 0.115. The maximum Gasteiger partial charge on any atom is 0.416 e. The Bertz CT molecular complexity index is 2680. The highest BCUT2D eigenvalue weighted by atomic mass is 35.5. The minimum Gasteiger partial charge on any atom is -0.470 e. The predicted octanol–water partition coefficient (Wildman–Crippen LogP) is 8.73. The van der Waals surface area contributed by atoms with Crippen LogP contribution in [0.15, 0.2) is 89.9 Å². The van der Waals surface area contributed by atoms with Gasteiger partial charge in [0.2, 0.25) is 27.4 Å². The lowest BCUT2D eigenvalue weighted by molar-refractivity contribution is -0.144. The van der Waals surface area contributed by atoms with E-state index < -0.39 is 73.5 Å². The molecule has 1 saturated heterocycles. The molecule has 8 rings (SSSR count). The lowest BCUT2D eigenvalue weighted by atomic mass is 9.76. The summed E-state index contributed by atoms with van der Waals surface area (Å²) in [6.45, 7) is 9.55. The van der Waals surface area contributed by atoms with Crippen molar-refractivity contribution in [2.24, 2.45) is 22.7 Å². The van der Waals surface area contributed by atoms with Crippen LogP contribution in [0.1, 0.15) is 64.0 Å². The Labute approximate surface area is 355 Å². The molecule has 1 N–H and O–H groups in total. The molecule has 2 amide bonds. The fourth-order valence-electron chi connectivity index (χ4n) is 8.34. The van der Waals surface area contributed by atoms with Gasteiger partial charge in [0.25, 0.3) is 5.88 Å². The molecule has 61 heavy (non-hydrogen) atoms. The number of nitrogens with zero attached hydrogens (tertiary/aromatic N) is 3. The molecule has 3 heterocycles. The van der Waals surface area contributed by atoms with E-state index in [-0.39, 0.29) is 54.6 Å². The van der Waals surface area contributed by atoms with Gasteiger partial charge in [0.15, 0.2) is 11.6 Å². The normalized spacial score (nSPS) is 22.3. The van der Waals surface area contributed by atoms with Gasteiger partial charge in [-0.1, -0.05) is 74.8 Å². The van der Waals surface area contributed by atoms with Gasteiger partial charge in [-0.05, 0) is 79.0 Å². The molecule has 1 aliphatic heterocycles. The SMILES string of the molecule is C=C[C@@H]1C[C@]1(CC(=O)[C@@H]1C[C@@H](Oc2nc(-c3ccc(C(F)(F)F)cc3)nc3c2oc2ccccc23)CN1C(=O)[C@@H](Cc1cccc(Cl)c1)C(C)(C)C)C(=O)NS(=O)(=O)C1CC1. The van der Waals surface area contributed by atoms with E-state index in [9.17, 15) is 36.0 Å². The Balaban J connectivity index is 1.15. The number of rotatable bonds is 13. The number of furan rings is 1. The number of ether oxygens (including phenoxy) is 1. The van der Waals surface area contributed by atoms with Crippen LogP contribution in [0.5, 0.6) is 5.88 Å². The van der Waals surface area contributed by atoms with Gasteiger partial charge in [0, 0.05) is 34.7 Å². The van der Waals surface area contributed by atoms with E-state index in [1.165, 1.54) is 17.0 Å². The first kappa shape index (κ1) is 42.4. The fourth-order valence-corrected chi connectivity index (χ4v) is 9.94. The van der Waals surface area contributed by atoms with Gasteiger partial charge >= 0.3 is 6.18 Å². The molecule has 11 nitrogen and oxygen atoms in total. The van der Waals surface area contributed by atoms with Gasteiger partial charge in [-0.15, -0.1) is 6.58 Å². The number of amides is 2. The molecule has 0 radical (unpaired) electrons. The van der Waals surface area contributed by atoms with Crippen molar-refractivity contribution in [3.8, 4) is 17.3 Å². The third-order valence-corrected chi connectivity index (χ3v) is 14.1. The van der Waals surface area contributed by atoms with Gasteiger partial charge in [0.1, 0.15) is 17.2 Å². The number of ketones is 1. The summed E-state index contributed by atoms with van der Waals surface area (Å²) in [5.41, 5.74) is -0.727. The number of allylic oxidation sites excluding steroid dienone is 1. The van der Waals surface area contributed by atoms with Crippen LogP contribution in [0.25, 0.3) is 33.5 Å². The highest BCUT2D eigenvalue weighted by Gasteiger charge is 2.61. The summed E-state index contributed by atoms with van der Waals surface area (Å²) in [5, 5.41) is 0.461. The number of benzene rings is 3. The third kappa shape index (κ3) is 8.51. The number of hydrogen-bond donors (Lipinski definition) is 1. The van der Waals surface area contributed by atoms with E-state index in [0.717, 1.165) is 17.7 Å². The summed E-state index contributed by atoms with van der Waals surface area (Å²) in [5.74, 6) is -2.62. The molecule has 5 aromatic rings. The number of likely N-dealkylation sites (tertiary alicyclic amines) is 1. The molecule has 2 saturated carbocycles. The molecular weight excluding hydrogens is 833 g/mol. The third-order valence-electron chi connectivity index (χ3n) is 12.1. The Morgan fingerprint density at radius 2 is 1.77 bits per heavy atom. The van der Waals surface area contributed by atoms with E-state index in [1.54, 1.807) is 48.5 Å². The first-order valence-corrected chi connectivity index (χ1v) is 22.0. The molecule has 3 aliphatic rings. The highest BCUT2D eigenvalue weighted by molar-refractivity contribution is 7.90. The summed E-state index contributed by atoms with van der Waals surface area (Å²) < 4.78 is 81.1. The van der Waals surface area contributed by atoms with Gasteiger partial charge in [0.05, 0.1) is 28.8 Å². The second kappa shape index (κ2) is 15.6. The zero-order valence-electron chi connectivity index (χ0n) is 33.7. The standard InChI is InChI=1S/C45H44ClF3N4O7S/c1-5-27-22-44(27,42(56)52-61(57,58)31-17-18-31)23-35(54)34-21-30(24-53(34)41(55)33(43(2,3)4)20-25-9-8-10-29(46)19-25)59-40-38-37(32-11-6-7-12-36(32)60-38)50-39(51-40)26-13-15-28(16-14-26)45(47,48)49/h5-16,19,27,30-31,33-34H,1,17-18,20-24H2,2-4H3,(H,52,56)/t27-,30-,33-,34+,44-/m1/s1. The summed E-state index contributed by atoms with van der Waals surface area (Å²) in [6.07, 6.45) is -2.81. The van der Waals surface area contributed by atoms with Crippen LogP contribution in [0, 0.1) is 22.7 Å². The van der Waals surface area contributed by atoms with Crippen LogP contribution in [0.2, 0.25) is 5.02 Å². The van der Waals surface area contributed by atoms with Crippen LogP contribution in [0.3, 0.4) is 0 Å². The van der Waals surface area contributed by atoms with E-state index in [4.69, 9.17) is 20.8 Å². The molecule has 16 heteroatoms. The van der Waals surface area contributed by atoms with Gasteiger partial charge < -0.3 is 14.1 Å². The minimum absolute atomic E-state index is 0.0171. The fraction of sp³-hybridized carbons (Fsp3) is 0.400. The number of carbonyl (C=O) groups excluding carboxylic acids is 3. The van der Waals surface area contributed by atoms with Crippen LogP contribution in [-0.2, 0) is 37.0 Å². The van der Waals surface area contributed by atoms with E-state index in [1.807, 2.05) is 26.8 Å². The monoisotopic (exact) mass is 876 g/mol. The first-order valence-electron chi connectivity index (χ1n) is 20.1. The Morgan fingerprint density at radius 3 is 2.41 bits per heavy atom. The minimum atomic E-state index is -4.55. The highest BCUT2D eigenvalue weighted by Crippen LogP contribution is 2.57. The van der Waals surface area contributed by atoms with Crippen molar-refractivity contribution < 1.29 is 45.1 Å². The zero-order chi connectivity index (χ0) is 43.6. The lowest BCUT2D eigenvalue weighted by Gasteiger charge is -2.35. The number of nitrogens with one attached hydrogen (secondary N) is 1. The van der Waals surface area contributed by atoms with E-state index >= 15 is 0 Å². The molecule has 0 bridgehead atoms. The molecule has 2 aromatic heterocycles. The summed E-state index contributed by atoms with van der Waals surface area (Å²) in [6, 6.07) is 17.6. The molecule has 0 spiro atoms. The number of fused-ring (bicyclic) bond motifs is 3. The molecule has 5 atom stereocenters. The van der Waals surface area contributed by atoms with Gasteiger partial charge in [-0.2, -0.15) is 18.2 Å². The van der Waals surface area contributed by atoms with Crippen molar-refractivity contribution in [1.82, 2.24) is 19.6 Å². The second-order valence-electron chi connectivity index (χ2n) is 17.5. The first-order chi connectivity index (χ1) is 28.8. The summed E-state index contributed by atoms with van der Waals surface area (Å²) in [7, 11) is -3.91. The van der Waals surface area contributed by atoms with Crippen LogP contribution >= 0.6 is 11.6 Å². The van der Waals surface area contributed by atoms with Gasteiger partial charge in [-0.25, -0.2) is 13.4 Å². The second-order valence-corrected chi connectivity index (χ2v) is 19.9. The van der Waals surface area contributed by atoms with Crippen molar-refractivity contribution in [3.05, 3.63) is 102 Å². The molecule has 3 aromatic carbocycles. The van der Waals surface area contributed by atoms with Crippen molar-refractivity contribution >= 4 is 61.3 Å². The number of hydrogen-bond acceptors (Lipinski definition) is 9. The lowest BCUT2D eigenvalue weighted by Crippen LogP contribution is -2.48. The van der Waals surface area contributed by atoms with E-state index in [0.29, 0.717) is 40.8 Å². The summed E-state index contributed by atoms with van der Waals surface area (Å²) in [4.78, 5) is 54.1. The van der Waals surface area contributed by atoms with Gasteiger partial charge in [-0.3, -0.25) is 19.1 Å². The van der Waals surface area contributed by atoms with Crippen molar-refractivity contribution in [2.45, 2.75) is 82.9 Å². The largest absolute Gasteiger partial charge is 0.470 e. The number of Topliss-reactive ketones (excluding diaryl/α,β-unsaturated/α-hetero) is 1. The molecule has 2 aliphatic carbocycles. The average Bonchev–Trinajstić information content (AvgIpc) is 4.11. The average molecular weight is 877 g/mol. The van der Waals surface area contributed by atoms with Crippen molar-refractivity contribution in [3.63, 3.8) is 0 Å². The van der Waals surface area contributed by atoms with Crippen LogP contribution < -0.4 is 9.46 Å². The number of sulfonamides is 1. The zero-order valence-corrected chi connectivity index (χ0v) is 35.2. The maximum absolute atomic E-state index is 15.0. The number of halogens is 4. The number of carbonyl (C=O) groups is 3. The van der Waals surface area contributed by atoms with E-state index in [2.05, 4.69) is 21.3 Å². The smallest absolute Gasteiger partial charge is 0.416 e. The molecule has 320 valence electrons. The number of alkyl halides is 3. The predicted molar refractivity (Wildman–Crippen MR) is 223 cm³/mol.